The highest BCUT2D eigenvalue weighted by Gasteiger charge is 2.19. The zero-order valence-electron chi connectivity index (χ0n) is 11.8. The maximum absolute atomic E-state index is 5.86. The topological polar surface area (TPSA) is 42.1 Å². The van der Waals surface area contributed by atoms with Crippen molar-refractivity contribution in [1.29, 1.82) is 0 Å². The molecule has 0 bridgehead atoms. The number of benzene rings is 2. The van der Waals surface area contributed by atoms with Gasteiger partial charge in [-0.25, -0.2) is 0 Å². The lowest BCUT2D eigenvalue weighted by atomic mass is 10.1. The number of anilines is 2. The first-order valence-electron chi connectivity index (χ1n) is 7.28. The number of nitrogen functional groups attached to an aromatic ring is 1. The Kier molecular flexibility index (Phi) is 2.78. The van der Waals surface area contributed by atoms with Gasteiger partial charge in [-0.3, -0.25) is 4.98 Å². The maximum atomic E-state index is 5.86. The van der Waals surface area contributed by atoms with Crippen molar-refractivity contribution >= 4 is 22.3 Å². The van der Waals surface area contributed by atoms with Crippen LogP contribution in [0.15, 0.2) is 54.6 Å². The van der Waals surface area contributed by atoms with Crippen molar-refractivity contribution in [1.82, 2.24) is 4.98 Å². The van der Waals surface area contributed by atoms with Crippen molar-refractivity contribution in [3.8, 4) is 0 Å². The van der Waals surface area contributed by atoms with E-state index in [-0.39, 0.29) is 0 Å². The van der Waals surface area contributed by atoms with Crippen molar-refractivity contribution in [3.05, 3.63) is 65.9 Å². The lowest BCUT2D eigenvalue weighted by molar-refractivity contribution is 0.818. The molecule has 2 N–H and O–H groups in total. The number of nitrogens with two attached hydrogens (primary N) is 1. The number of aromatic nitrogens is 1. The molecule has 21 heavy (non-hydrogen) atoms. The van der Waals surface area contributed by atoms with Gasteiger partial charge in [0.15, 0.2) is 0 Å². The standard InChI is InChI=1S/C18H17N3/c19-15-6-8-18-14(11-15)9-10-21(18)12-16-7-5-13-3-1-2-4-17(13)20-16/h1-8,11H,9-10,12,19H2. The highest BCUT2D eigenvalue weighted by atomic mass is 15.2. The average Bonchev–Trinajstić information content (AvgIpc) is 2.89. The molecule has 0 atom stereocenters. The molecule has 0 unspecified atom stereocenters. The van der Waals surface area contributed by atoms with Crippen LogP contribution in [0, 0.1) is 0 Å². The second-order valence-electron chi connectivity index (χ2n) is 5.55. The van der Waals surface area contributed by atoms with Crippen LogP contribution < -0.4 is 10.6 Å². The van der Waals surface area contributed by atoms with Crippen LogP contribution >= 0.6 is 0 Å². The van der Waals surface area contributed by atoms with Crippen LogP contribution in [-0.4, -0.2) is 11.5 Å². The van der Waals surface area contributed by atoms with E-state index in [1.807, 2.05) is 18.2 Å². The Morgan fingerprint density at radius 2 is 1.95 bits per heavy atom. The van der Waals surface area contributed by atoms with Crippen molar-refractivity contribution in [2.75, 3.05) is 17.2 Å². The lowest BCUT2D eigenvalue weighted by Gasteiger charge is -2.19. The highest BCUT2D eigenvalue weighted by Crippen LogP contribution is 2.30. The summed E-state index contributed by atoms with van der Waals surface area (Å²) in [4.78, 5) is 7.14. The molecule has 104 valence electrons. The van der Waals surface area contributed by atoms with Gasteiger partial charge in [0.05, 0.1) is 17.8 Å². The van der Waals surface area contributed by atoms with Crippen molar-refractivity contribution in [3.63, 3.8) is 0 Å². The minimum atomic E-state index is 0.847. The number of para-hydroxylation sites is 1. The predicted octanol–water partition coefficient (Wildman–Crippen LogP) is 3.38. The van der Waals surface area contributed by atoms with E-state index in [1.54, 1.807) is 0 Å². The Bertz CT molecular complexity index is 810. The normalized spacial score (nSPS) is 13.6. The number of pyridine rings is 1. The van der Waals surface area contributed by atoms with E-state index >= 15 is 0 Å². The summed E-state index contributed by atoms with van der Waals surface area (Å²) >= 11 is 0. The molecule has 1 aromatic heterocycles. The molecule has 1 aliphatic rings. The molecule has 2 aromatic carbocycles. The van der Waals surface area contributed by atoms with Gasteiger partial charge in [0, 0.05) is 23.3 Å². The van der Waals surface area contributed by atoms with Crippen molar-refractivity contribution in [2.24, 2.45) is 0 Å². The summed E-state index contributed by atoms with van der Waals surface area (Å²) < 4.78 is 0. The maximum Gasteiger partial charge on any atom is 0.0706 e. The predicted molar refractivity (Wildman–Crippen MR) is 87.4 cm³/mol. The Morgan fingerprint density at radius 1 is 1.05 bits per heavy atom. The van der Waals surface area contributed by atoms with Gasteiger partial charge in [-0.1, -0.05) is 24.3 Å². The molecule has 0 aliphatic carbocycles. The molecule has 3 aromatic rings. The van der Waals surface area contributed by atoms with Crippen LogP contribution in [0.25, 0.3) is 10.9 Å². The monoisotopic (exact) mass is 275 g/mol. The van der Waals surface area contributed by atoms with Gasteiger partial charge in [0.1, 0.15) is 0 Å². The first-order chi connectivity index (χ1) is 10.3. The Balaban J connectivity index is 1.64. The number of rotatable bonds is 2. The van der Waals surface area contributed by atoms with Crippen molar-refractivity contribution < 1.29 is 0 Å². The molecule has 0 amide bonds. The van der Waals surface area contributed by atoms with E-state index in [0.29, 0.717) is 0 Å². The molecule has 0 saturated heterocycles. The minimum absolute atomic E-state index is 0.847. The molecule has 3 nitrogen and oxygen atoms in total. The fourth-order valence-corrected chi connectivity index (χ4v) is 3.05. The molecule has 1 aliphatic heterocycles. The summed E-state index contributed by atoms with van der Waals surface area (Å²) in [6, 6.07) is 18.7. The number of hydrogen-bond acceptors (Lipinski definition) is 3. The molecule has 4 rings (SSSR count). The number of fused-ring (bicyclic) bond motifs is 2. The second kappa shape index (κ2) is 4.77. The molecule has 0 radical (unpaired) electrons. The van der Waals surface area contributed by atoms with Gasteiger partial charge < -0.3 is 10.6 Å². The summed E-state index contributed by atoms with van der Waals surface area (Å²) in [6.07, 6.45) is 1.06. The zero-order valence-corrected chi connectivity index (χ0v) is 11.8. The van der Waals surface area contributed by atoms with Crippen LogP contribution in [0.1, 0.15) is 11.3 Å². The van der Waals surface area contributed by atoms with E-state index in [4.69, 9.17) is 10.7 Å². The molecular weight excluding hydrogens is 258 g/mol. The molecule has 2 heterocycles. The third kappa shape index (κ3) is 2.21. The van der Waals surface area contributed by atoms with Gasteiger partial charge in [-0.2, -0.15) is 0 Å². The Morgan fingerprint density at radius 3 is 2.90 bits per heavy atom. The van der Waals surface area contributed by atoms with E-state index < -0.39 is 0 Å². The first-order valence-corrected chi connectivity index (χ1v) is 7.28. The lowest BCUT2D eigenvalue weighted by Crippen LogP contribution is -2.20. The third-order valence-electron chi connectivity index (χ3n) is 4.10. The molecule has 3 heteroatoms. The van der Waals surface area contributed by atoms with E-state index in [0.717, 1.165) is 36.4 Å². The summed E-state index contributed by atoms with van der Waals surface area (Å²) in [5.41, 5.74) is 11.5. The largest absolute Gasteiger partial charge is 0.399 e. The molecular formula is C18H17N3. The van der Waals surface area contributed by atoms with Gasteiger partial charge in [-0.15, -0.1) is 0 Å². The zero-order chi connectivity index (χ0) is 14.2. The van der Waals surface area contributed by atoms with Gasteiger partial charge in [0.25, 0.3) is 0 Å². The summed E-state index contributed by atoms with van der Waals surface area (Å²) in [7, 11) is 0. The summed E-state index contributed by atoms with van der Waals surface area (Å²) in [5.74, 6) is 0. The molecule has 0 saturated carbocycles. The minimum Gasteiger partial charge on any atom is -0.399 e. The number of nitrogens with zero attached hydrogens (tertiary/aromatic N) is 2. The summed E-state index contributed by atoms with van der Waals surface area (Å²) in [6.45, 7) is 1.88. The third-order valence-corrected chi connectivity index (χ3v) is 4.10. The number of hydrogen-bond donors (Lipinski definition) is 1. The van der Waals surface area contributed by atoms with E-state index in [1.165, 1.54) is 16.6 Å². The van der Waals surface area contributed by atoms with Crippen LogP contribution in [0.5, 0.6) is 0 Å². The quantitative estimate of drug-likeness (QED) is 0.729. The SMILES string of the molecule is Nc1ccc2c(c1)CCN2Cc1ccc2ccccc2n1. The van der Waals surface area contributed by atoms with E-state index in [9.17, 15) is 0 Å². The van der Waals surface area contributed by atoms with Crippen molar-refractivity contribution in [2.45, 2.75) is 13.0 Å². The average molecular weight is 275 g/mol. The Labute approximate surface area is 124 Å². The highest BCUT2D eigenvalue weighted by molar-refractivity contribution is 5.78. The van der Waals surface area contributed by atoms with Gasteiger partial charge >= 0.3 is 0 Å². The molecule has 0 spiro atoms. The smallest absolute Gasteiger partial charge is 0.0706 e. The van der Waals surface area contributed by atoms with Crippen LogP contribution in [0.4, 0.5) is 11.4 Å². The van der Waals surface area contributed by atoms with Crippen LogP contribution in [-0.2, 0) is 13.0 Å². The second-order valence-corrected chi connectivity index (χ2v) is 5.55. The fraction of sp³-hybridized carbons (Fsp3) is 0.167. The van der Waals surface area contributed by atoms with E-state index in [2.05, 4.69) is 41.3 Å². The van der Waals surface area contributed by atoms with Crippen LogP contribution in [0.2, 0.25) is 0 Å². The van der Waals surface area contributed by atoms with Gasteiger partial charge in [0.2, 0.25) is 0 Å². The van der Waals surface area contributed by atoms with Gasteiger partial charge in [-0.05, 0) is 42.3 Å². The fourth-order valence-electron chi connectivity index (χ4n) is 3.05. The Hall–Kier alpha value is -2.55. The first kappa shape index (κ1) is 12.2. The molecule has 0 fully saturated rings. The van der Waals surface area contributed by atoms with Crippen LogP contribution in [0.3, 0.4) is 0 Å². The summed E-state index contributed by atoms with van der Waals surface area (Å²) in [5, 5.41) is 1.19.